The van der Waals surface area contributed by atoms with Gasteiger partial charge in [0.2, 0.25) is 0 Å². The molecule has 0 radical (unpaired) electrons. The minimum atomic E-state index is -2.76. The Morgan fingerprint density at radius 3 is 0.806 bits per heavy atom. The molecular weight excluding hydrogens is 782 g/mol. The van der Waals surface area contributed by atoms with Crippen molar-refractivity contribution in [1.82, 2.24) is 0 Å². The van der Waals surface area contributed by atoms with E-state index in [4.69, 9.17) is 0 Å². The second-order valence-corrected chi connectivity index (χ2v) is 46.4. The van der Waals surface area contributed by atoms with Crippen LogP contribution in [0.2, 0.25) is 8.87 Å². The Kier molecular flexibility index (Phi) is 11.5. The summed E-state index contributed by atoms with van der Waals surface area (Å²) in [6, 6.07) is 44.9. The van der Waals surface area contributed by atoms with Crippen LogP contribution in [0.4, 0.5) is 0 Å². The summed E-state index contributed by atoms with van der Waals surface area (Å²) in [5.41, 5.74) is 0. The molecule has 4 aromatic carbocycles. The van der Waals surface area contributed by atoms with Crippen LogP contribution >= 0.6 is 25.4 Å². The fourth-order valence-corrected chi connectivity index (χ4v) is 33.7. The topological polar surface area (TPSA) is 0 Å². The quantitative estimate of drug-likeness (QED) is 0.0963. The van der Waals surface area contributed by atoms with Crippen LogP contribution in [0.15, 0.2) is 121 Å². The second-order valence-electron chi connectivity index (χ2n) is 9.69. The van der Waals surface area contributed by atoms with Crippen LogP contribution in [0.1, 0.15) is 38.5 Å². The number of rotatable bonds is 13. The first-order valence-electron chi connectivity index (χ1n) is 13.2. The van der Waals surface area contributed by atoms with Crippen LogP contribution in [-0.2, 0) is 0 Å². The molecule has 0 aliphatic carbocycles. The predicted molar refractivity (Wildman–Crippen MR) is 171 cm³/mol. The van der Waals surface area contributed by atoms with E-state index in [0.717, 1.165) is 0 Å². The van der Waals surface area contributed by atoms with Gasteiger partial charge in [0.15, 0.2) is 0 Å². The van der Waals surface area contributed by atoms with Crippen LogP contribution in [0, 0.1) is 0 Å². The SMILES string of the molecule is [Br][Sn]([CH2]CCCCCC[CH2][Sn]([Br])([c]1ccccc1)[c]1ccccc1)([c]1ccccc1)[c]1ccccc1. The molecule has 4 aromatic rings. The molecule has 0 nitrogen and oxygen atoms in total. The van der Waals surface area contributed by atoms with Gasteiger partial charge in [0.25, 0.3) is 0 Å². The van der Waals surface area contributed by atoms with Gasteiger partial charge in [-0.15, -0.1) is 0 Å². The van der Waals surface area contributed by atoms with E-state index in [-0.39, 0.29) is 0 Å². The van der Waals surface area contributed by atoms with Gasteiger partial charge in [0.1, 0.15) is 0 Å². The summed E-state index contributed by atoms with van der Waals surface area (Å²) >= 11 is 3.23. The Hall–Kier alpha value is -0.563. The molecule has 4 rings (SSSR count). The van der Waals surface area contributed by atoms with Crippen molar-refractivity contribution in [3.8, 4) is 0 Å². The third kappa shape index (κ3) is 7.51. The number of benzene rings is 4. The van der Waals surface area contributed by atoms with Crippen LogP contribution in [0.3, 0.4) is 0 Å². The summed E-state index contributed by atoms with van der Waals surface area (Å²) in [6.45, 7) is 0. The van der Waals surface area contributed by atoms with E-state index in [1.165, 1.54) is 47.4 Å². The molecule has 0 spiro atoms. The molecule has 0 fully saturated rings. The van der Waals surface area contributed by atoms with E-state index in [1.54, 1.807) is 14.3 Å². The van der Waals surface area contributed by atoms with Gasteiger partial charge >= 0.3 is 241 Å². The zero-order chi connectivity index (χ0) is 25.1. The number of halogens is 2. The molecule has 0 amide bonds. The number of hydrogen-bond donors (Lipinski definition) is 0. The van der Waals surface area contributed by atoms with Crippen molar-refractivity contribution < 1.29 is 0 Å². The van der Waals surface area contributed by atoms with E-state index in [1.807, 2.05) is 0 Å². The molecule has 186 valence electrons. The third-order valence-corrected chi connectivity index (χ3v) is 45.0. The maximum absolute atomic E-state index is 4.37. The molecule has 36 heavy (non-hydrogen) atoms. The van der Waals surface area contributed by atoms with Gasteiger partial charge < -0.3 is 0 Å². The zero-order valence-corrected chi connectivity index (χ0v) is 29.8. The first-order chi connectivity index (χ1) is 17.6. The number of unbranched alkanes of at least 4 members (excludes halogenated alkanes) is 5. The number of hydrogen-bond acceptors (Lipinski definition) is 0. The first-order valence-corrected chi connectivity index (χ1v) is 35.8. The minimum absolute atomic E-state index is 1.32. The van der Waals surface area contributed by atoms with E-state index < -0.39 is 32.3 Å². The summed E-state index contributed by atoms with van der Waals surface area (Å²) in [7, 11) is 0. The summed E-state index contributed by atoms with van der Waals surface area (Å²) in [5.74, 6) is 0. The fourth-order valence-electron chi connectivity index (χ4n) is 5.16. The molecular formula is C32H36Br2Sn2. The Morgan fingerprint density at radius 1 is 0.333 bits per heavy atom. The van der Waals surface area contributed by atoms with Gasteiger partial charge in [0, 0.05) is 0 Å². The van der Waals surface area contributed by atoms with Crippen molar-refractivity contribution in [1.29, 1.82) is 0 Å². The average Bonchev–Trinajstić information content (AvgIpc) is 2.96. The molecule has 0 aromatic heterocycles. The maximum atomic E-state index is 4.37. The Balaban J connectivity index is 1.27. The summed E-state index contributed by atoms with van der Waals surface area (Å²) in [6.07, 6.45) is 8.01. The molecule has 0 aliphatic heterocycles. The molecule has 0 saturated carbocycles. The van der Waals surface area contributed by atoms with Crippen LogP contribution in [0.25, 0.3) is 0 Å². The van der Waals surface area contributed by atoms with E-state index in [2.05, 4.69) is 147 Å². The van der Waals surface area contributed by atoms with Crippen molar-refractivity contribution in [3.05, 3.63) is 121 Å². The van der Waals surface area contributed by atoms with Crippen molar-refractivity contribution in [2.75, 3.05) is 0 Å². The monoisotopic (exact) mass is 818 g/mol. The van der Waals surface area contributed by atoms with Gasteiger partial charge in [0.05, 0.1) is 0 Å². The Morgan fingerprint density at radius 2 is 0.556 bits per heavy atom. The predicted octanol–water partition coefficient (Wildman–Crippen LogP) is 7.64. The summed E-state index contributed by atoms with van der Waals surface area (Å²) in [4.78, 5) is 0. The normalized spacial score (nSPS) is 11.9. The zero-order valence-electron chi connectivity index (χ0n) is 21.0. The molecule has 0 N–H and O–H groups in total. The van der Waals surface area contributed by atoms with Crippen molar-refractivity contribution in [2.24, 2.45) is 0 Å². The molecule has 0 aliphatic rings. The molecule has 0 atom stereocenters. The van der Waals surface area contributed by atoms with Crippen molar-refractivity contribution in [2.45, 2.75) is 47.4 Å². The van der Waals surface area contributed by atoms with Crippen LogP contribution in [0.5, 0.6) is 0 Å². The van der Waals surface area contributed by atoms with E-state index >= 15 is 0 Å². The Labute approximate surface area is 238 Å². The molecule has 0 heterocycles. The van der Waals surface area contributed by atoms with Crippen LogP contribution in [-0.4, -0.2) is 32.3 Å². The molecule has 0 unspecified atom stereocenters. The average molecular weight is 818 g/mol. The summed E-state index contributed by atoms with van der Waals surface area (Å²) in [5, 5.41) is 0. The molecule has 4 heteroatoms. The van der Waals surface area contributed by atoms with E-state index in [0.29, 0.717) is 0 Å². The fraction of sp³-hybridized carbons (Fsp3) is 0.250. The van der Waals surface area contributed by atoms with Gasteiger partial charge in [-0.3, -0.25) is 0 Å². The van der Waals surface area contributed by atoms with Crippen molar-refractivity contribution >= 4 is 72.0 Å². The second kappa shape index (κ2) is 14.6. The van der Waals surface area contributed by atoms with Gasteiger partial charge in [-0.2, -0.15) is 0 Å². The van der Waals surface area contributed by atoms with Gasteiger partial charge in [-0.05, 0) is 0 Å². The van der Waals surface area contributed by atoms with Gasteiger partial charge in [-0.25, -0.2) is 0 Å². The molecule has 0 bridgehead atoms. The molecule has 0 saturated heterocycles. The van der Waals surface area contributed by atoms with Crippen molar-refractivity contribution in [3.63, 3.8) is 0 Å². The summed E-state index contributed by atoms with van der Waals surface area (Å²) < 4.78 is 8.88. The third-order valence-electron chi connectivity index (χ3n) is 7.22. The van der Waals surface area contributed by atoms with Gasteiger partial charge in [-0.1, -0.05) is 0 Å². The van der Waals surface area contributed by atoms with Crippen LogP contribution < -0.4 is 14.3 Å². The Bertz CT molecular complexity index is 978. The van der Waals surface area contributed by atoms with E-state index in [9.17, 15) is 0 Å². The first kappa shape index (κ1) is 28.4. The standard InChI is InChI=1S/C8H16.4C6H5.2BrH.2Sn/c1-3-5-7-8-6-4-2;4*1-2-4-6-5-3-1;;;;/h1-8H2;4*1-5H;2*1H;;/q;;;;;;;2*+1/p-2.